The Kier molecular flexibility index (Phi) is 12.3. The van der Waals surface area contributed by atoms with Crippen molar-refractivity contribution in [2.75, 3.05) is 53.4 Å². The first-order valence-corrected chi connectivity index (χ1v) is 8.49. The van der Waals surface area contributed by atoms with E-state index >= 15 is 0 Å². The minimum Gasteiger partial charge on any atom is -0.396 e. The molecule has 0 radical (unpaired) electrons. The number of hydrogen-bond donors (Lipinski definition) is 1. The van der Waals surface area contributed by atoms with Gasteiger partial charge in [-0.15, -0.1) is 25.2 Å². The van der Waals surface area contributed by atoms with Crippen LogP contribution in [0.1, 0.15) is 6.42 Å². The second-order valence-electron chi connectivity index (χ2n) is 4.74. The lowest BCUT2D eigenvalue weighted by Gasteiger charge is -2.31. The van der Waals surface area contributed by atoms with Crippen molar-refractivity contribution >= 4 is 7.82 Å². The summed E-state index contributed by atoms with van der Waals surface area (Å²) in [6, 6.07) is 0. The summed E-state index contributed by atoms with van der Waals surface area (Å²) >= 11 is 0. The van der Waals surface area contributed by atoms with Crippen molar-refractivity contribution in [1.29, 1.82) is 0 Å². The molecule has 0 fully saturated rings. The molecule has 0 aliphatic heterocycles. The first kappa shape index (κ1) is 22.7. The molecule has 0 rings (SSSR count). The van der Waals surface area contributed by atoms with E-state index in [9.17, 15) is 9.67 Å². The molecule has 8 heteroatoms. The number of rotatable bonds is 14. The van der Waals surface area contributed by atoms with Gasteiger partial charge < -0.3 is 14.6 Å². The van der Waals surface area contributed by atoms with Crippen LogP contribution in [-0.4, -0.2) is 58.5 Å². The van der Waals surface area contributed by atoms with Gasteiger partial charge in [0.1, 0.15) is 13.2 Å². The number of ether oxygens (including phenoxy) is 2. The van der Waals surface area contributed by atoms with E-state index in [1.165, 1.54) is 7.11 Å². The average Bonchev–Trinajstić information content (AvgIpc) is 2.60. The number of phosphoric acid groups is 1. The van der Waals surface area contributed by atoms with Gasteiger partial charge in [0.25, 0.3) is 0 Å². The molecule has 7 nitrogen and oxygen atoms in total. The summed E-state index contributed by atoms with van der Waals surface area (Å²) in [5, 5.41) is 9.72. The Morgan fingerprint density at radius 1 is 1.00 bits per heavy atom. The van der Waals surface area contributed by atoms with E-state index in [1.54, 1.807) is 0 Å². The van der Waals surface area contributed by atoms with E-state index in [-0.39, 0.29) is 52.7 Å². The van der Waals surface area contributed by atoms with Crippen molar-refractivity contribution in [3.63, 3.8) is 0 Å². The third-order valence-electron chi connectivity index (χ3n) is 2.77. The Morgan fingerprint density at radius 2 is 1.58 bits per heavy atom. The van der Waals surface area contributed by atoms with Crippen LogP contribution in [0.4, 0.5) is 0 Å². The third kappa shape index (κ3) is 9.08. The predicted molar refractivity (Wildman–Crippen MR) is 88.8 cm³/mol. The number of terminal acetylenes is 3. The summed E-state index contributed by atoms with van der Waals surface area (Å²) in [5.41, 5.74) is -1.03. The fraction of sp³-hybridized carbons (Fsp3) is 0.625. The van der Waals surface area contributed by atoms with Gasteiger partial charge >= 0.3 is 7.82 Å². The van der Waals surface area contributed by atoms with Gasteiger partial charge in [0.15, 0.2) is 0 Å². The quantitative estimate of drug-likeness (QED) is 0.283. The highest BCUT2D eigenvalue weighted by atomic mass is 31.2. The summed E-state index contributed by atoms with van der Waals surface area (Å²) in [6.07, 6.45) is 15.6. The molecule has 24 heavy (non-hydrogen) atoms. The number of hydrogen-bond acceptors (Lipinski definition) is 7. The monoisotopic (exact) mass is 358 g/mol. The van der Waals surface area contributed by atoms with Gasteiger partial charge in [-0.1, -0.05) is 11.8 Å². The van der Waals surface area contributed by atoms with Crippen LogP contribution in [0.5, 0.6) is 0 Å². The molecule has 1 atom stereocenters. The molecule has 0 aliphatic rings. The normalized spacial score (nSPS) is 13.5. The van der Waals surface area contributed by atoms with Gasteiger partial charge in [-0.3, -0.25) is 13.6 Å². The minimum absolute atomic E-state index is 0.00629. The number of aliphatic hydroxyl groups is 1. The Balaban J connectivity index is 4.87. The van der Waals surface area contributed by atoms with Crippen LogP contribution in [0.25, 0.3) is 0 Å². The first-order valence-electron chi connectivity index (χ1n) is 7.03. The third-order valence-corrected chi connectivity index (χ3v) is 4.16. The fourth-order valence-electron chi connectivity index (χ4n) is 1.49. The highest BCUT2D eigenvalue weighted by molar-refractivity contribution is 7.48. The molecule has 0 heterocycles. The van der Waals surface area contributed by atoms with E-state index < -0.39 is 13.2 Å². The van der Waals surface area contributed by atoms with Crippen molar-refractivity contribution in [3.8, 4) is 37.0 Å². The lowest BCUT2D eigenvalue weighted by molar-refractivity contribution is -0.0674. The number of aliphatic hydroxyl groups excluding tert-OH is 1. The Morgan fingerprint density at radius 3 is 2.00 bits per heavy atom. The maximum atomic E-state index is 12.3. The van der Waals surface area contributed by atoms with Crippen molar-refractivity contribution < 1.29 is 32.7 Å². The predicted octanol–water partition coefficient (Wildman–Crippen LogP) is 1.08. The summed E-state index contributed by atoms with van der Waals surface area (Å²) in [5.74, 6) is 6.96. The summed E-state index contributed by atoms with van der Waals surface area (Å²) < 4.78 is 37.9. The smallest absolute Gasteiger partial charge is 0.396 e. The highest BCUT2D eigenvalue weighted by Gasteiger charge is 2.36. The molecule has 1 unspecified atom stereocenters. The van der Waals surface area contributed by atoms with Crippen LogP contribution < -0.4 is 0 Å². The van der Waals surface area contributed by atoms with E-state index in [0.717, 1.165) is 0 Å². The van der Waals surface area contributed by atoms with Gasteiger partial charge in [0.2, 0.25) is 0 Å². The minimum atomic E-state index is -3.82. The molecule has 0 bridgehead atoms. The molecule has 0 spiro atoms. The van der Waals surface area contributed by atoms with E-state index in [1.807, 2.05) is 0 Å². The highest BCUT2D eigenvalue weighted by Crippen LogP contribution is 2.49. The van der Waals surface area contributed by atoms with Gasteiger partial charge in [-0.2, -0.15) is 0 Å². The first-order chi connectivity index (χ1) is 11.5. The molecule has 0 saturated heterocycles. The van der Waals surface area contributed by atoms with Gasteiger partial charge in [-0.05, 0) is 0 Å². The molecular weight excluding hydrogens is 335 g/mol. The largest absolute Gasteiger partial charge is 0.474 e. The van der Waals surface area contributed by atoms with Gasteiger partial charge in [-0.25, -0.2) is 4.57 Å². The molecule has 0 saturated carbocycles. The molecule has 0 aliphatic carbocycles. The lowest BCUT2D eigenvalue weighted by atomic mass is 9.92. The second-order valence-corrected chi connectivity index (χ2v) is 6.52. The second kappa shape index (κ2) is 13.0. The standard InChI is InChI=1S/C16H23O7P/c1-5-8-11-22-24(18,19-4)23-15-16(12-17,13-20-9-6-2)14-21-10-7-3/h1-3,17H,8-15H2,4H3. The average molecular weight is 358 g/mol. The van der Waals surface area contributed by atoms with Crippen LogP contribution in [0.3, 0.4) is 0 Å². The molecule has 0 aromatic carbocycles. The van der Waals surface area contributed by atoms with E-state index in [0.29, 0.717) is 0 Å². The van der Waals surface area contributed by atoms with Crippen molar-refractivity contribution in [2.24, 2.45) is 5.41 Å². The van der Waals surface area contributed by atoms with Crippen molar-refractivity contribution in [2.45, 2.75) is 6.42 Å². The maximum Gasteiger partial charge on any atom is 0.474 e. The Hall–Kier alpha value is -1.33. The lowest BCUT2D eigenvalue weighted by Crippen LogP contribution is -2.40. The van der Waals surface area contributed by atoms with Crippen molar-refractivity contribution in [1.82, 2.24) is 0 Å². The van der Waals surface area contributed by atoms with Gasteiger partial charge in [0, 0.05) is 13.5 Å². The Labute approximate surface area is 143 Å². The van der Waals surface area contributed by atoms with Crippen LogP contribution in [-0.2, 0) is 27.6 Å². The molecule has 0 aromatic rings. The van der Waals surface area contributed by atoms with Crippen LogP contribution in [0.15, 0.2) is 0 Å². The maximum absolute atomic E-state index is 12.3. The Bertz CT molecular complexity index is 492. The van der Waals surface area contributed by atoms with Crippen LogP contribution in [0, 0.1) is 42.4 Å². The molecule has 1 N–H and O–H groups in total. The van der Waals surface area contributed by atoms with E-state index in [4.69, 9.17) is 42.3 Å². The molecule has 0 amide bonds. The van der Waals surface area contributed by atoms with Crippen LogP contribution >= 0.6 is 7.82 Å². The van der Waals surface area contributed by atoms with Crippen molar-refractivity contribution in [3.05, 3.63) is 0 Å². The molecule has 134 valence electrons. The summed E-state index contributed by atoms with van der Waals surface area (Å²) in [7, 11) is -2.63. The zero-order valence-electron chi connectivity index (χ0n) is 13.7. The van der Waals surface area contributed by atoms with Gasteiger partial charge in [0.05, 0.1) is 38.4 Å². The topological polar surface area (TPSA) is 83.5 Å². The SMILES string of the molecule is C#CCCOP(=O)(OC)OCC(CO)(COCC#C)COCC#C. The molecular formula is C16H23O7P. The summed E-state index contributed by atoms with van der Waals surface area (Å²) in [4.78, 5) is 0. The number of phosphoric ester groups is 1. The fourth-order valence-corrected chi connectivity index (χ4v) is 2.52. The summed E-state index contributed by atoms with van der Waals surface area (Å²) in [6.45, 7) is -0.501. The van der Waals surface area contributed by atoms with Crippen LogP contribution in [0.2, 0.25) is 0 Å². The zero-order valence-corrected chi connectivity index (χ0v) is 14.6. The zero-order chi connectivity index (χ0) is 18.3. The van der Waals surface area contributed by atoms with E-state index in [2.05, 4.69) is 17.8 Å². The molecule has 0 aromatic heterocycles.